The van der Waals surface area contributed by atoms with Crippen LogP contribution in [0.5, 0.6) is 0 Å². The molecule has 21 heavy (non-hydrogen) atoms. The fraction of sp³-hybridized carbons (Fsp3) is 0.647. The normalized spacial score (nSPS) is 19.7. The Morgan fingerprint density at radius 1 is 1.19 bits per heavy atom. The molecule has 0 spiro atoms. The van der Waals surface area contributed by atoms with Crippen LogP contribution in [0.4, 0.5) is 8.78 Å². The quantitative estimate of drug-likeness (QED) is 0.896. The monoisotopic (exact) mass is 296 g/mol. The molecule has 1 unspecified atom stereocenters. The highest BCUT2D eigenvalue weighted by Crippen LogP contribution is 2.36. The molecule has 0 aliphatic heterocycles. The molecule has 1 aromatic carbocycles. The second-order valence-electron chi connectivity index (χ2n) is 6.34. The predicted molar refractivity (Wildman–Crippen MR) is 82.4 cm³/mol. The molecule has 1 saturated carbocycles. The van der Waals surface area contributed by atoms with Gasteiger partial charge in [-0.15, -0.1) is 0 Å². The van der Waals surface area contributed by atoms with Gasteiger partial charge in [0.2, 0.25) is 0 Å². The number of halogens is 2. The van der Waals surface area contributed by atoms with Gasteiger partial charge in [-0.3, -0.25) is 0 Å². The number of nitrogens with one attached hydrogen (secondary N) is 1. The molecule has 0 amide bonds. The second-order valence-corrected chi connectivity index (χ2v) is 6.34. The van der Waals surface area contributed by atoms with Crippen molar-refractivity contribution in [3.63, 3.8) is 0 Å². The van der Waals surface area contributed by atoms with Gasteiger partial charge in [-0.05, 0) is 52.0 Å². The first-order chi connectivity index (χ1) is 9.99. The van der Waals surface area contributed by atoms with Gasteiger partial charge >= 0.3 is 0 Å². The van der Waals surface area contributed by atoms with Crippen molar-refractivity contribution in [1.29, 1.82) is 0 Å². The Kier molecular flexibility index (Phi) is 5.33. The molecule has 0 bridgehead atoms. The molecule has 0 heterocycles. The van der Waals surface area contributed by atoms with E-state index in [1.165, 1.54) is 25.3 Å². The van der Waals surface area contributed by atoms with E-state index in [1.807, 2.05) is 7.05 Å². The van der Waals surface area contributed by atoms with Crippen molar-refractivity contribution in [3.8, 4) is 0 Å². The van der Waals surface area contributed by atoms with Crippen molar-refractivity contribution in [3.05, 3.63) is 35.4 Å². The fourth-order valence-corrected chi connectivity index (χ4v) is 3.74. The molecule has 1 aliphatic carbocycles. The highest BCUT2D eigenvalue weighted by molar-refractivity contribution is 5.21. The number of hydrogen-bond donors (Lipinski definition) is 1. The van der Waals surface area contributed by atoms with E-state index in [4.69, 9.17) is 0 Å². The summed E-state index contributed by atoms with van der Waals surface area (Å²) in [5, 5.41) is 3.38. The third kappa shape index (κ3) is 3.43. The lowest BCUT2D eigenvalue weighted by Crippen LogP contribution is -2.60. The van der Waals surface area contributed by atoms with E-state index in [-0.39, 0.29) is 11.6 Å². The zero-order chi connectivity index (χ0) is 15.5. The lowest BCUT2D eigenvalue weighted by Gasteiger charge is -2.48. The summed E-state index contributed by atoms with van der Waals surface area (Å²) in [7, 11) is 6.15. The highest BCUT2D eigenvalue weighted by Gasteiger charge is 2.41. The van der Waals surface area contributed by atoms with Crippen molar-refractivity contribution >= 4 is 0 Å². The molecule has 4 heteroatoms. The van der Waals surface area contributed by atoms with Crippen LogP contribution >= 0.6 is 0 Å². The van der Waals surface area contributed by atoms with Crippen LogP contribution in [0.15, 0.2) is 18.2 Å². The lowest BCUT2D eigenvalue weighted by atomic mass is 9.73. The fourth-order valence-electron chi connectivity index (χ4n) is 3.74. The summed E-state index contributed by atoms with van der Waals surface area (Å²) >= 11 is 0. The summed E-state index contributed by atoms with van der Waals surface area (Å²) in [6.45, 7) is 0. The Hall–Kier alpha value is -1.00. The van der Waals surface area contributed by atoms with Crippen LogP contribution in [0.2, 0.25) is 0 Å². The van der Waals surface area contributed by atoms with Crippen LogP contribution in [0.1, 0.15) is 37.7 Å². The highest BCUT2D eigenvalue weighted by atomic mass is 19.1. The second kappa shape index (κ2) is 6.84. The van der Waals surface area contributed by atoms with Crippen LogP contribution in [0.25, 0.3) is 0 Å². The molecule has 1 N–H and O–H groups in total. The average Bonchev–Trinajstić information content (AvgIpc) is 2.47. The first-order valence-electron chi connectivity index (χ1n) is 7.78. The summed E-state index contributed by atoms with van der Waals surface area (Å²) in [4.78, 5) is 2.29. The number of rotatable bonds is 5. The first-order valence-corrected chi connectivity index (χ1v) is 7.78. The van der Waals surface area contributed by atoms with E-state index in [9.17, 15) is 8.78 Å². The summed E-state index contributed by atoms with van der Waals surface area (Å²) in [5.41, 5.74) is 0.635. The zero-order valence-electron chi connectivity index (χ0n) is 13.3. The molecular formula is C17H26F2N2. The summed E-state index contributed by atoms with van der Waals surface area (Å²) < 4.78 is 27.0. The Morgan fingerprint density at radius 2 is 1.86 bits per heavy atom. The van der Waals surface area contributed by atoms with E-state index >= 15 is 0 Å². The van der Waals surface area contributed by atoms with Gasteiger partial charge in [0, 0.05) is 17.6 Å². The number of hydrogen-bond acceptors (Lipinski definition) is 2. The standard InChI is InChI=1S/C17H26F2N2/c1-20-16(11-13-7-8-14(18)12-15(13)19)17(21(2)3)9-5-4-6-10-17/h7-8,12,16,20H,4-6,9-11H2,1-3H3. The van der Waals surface area contributed by atoms with E-state index in [1.54, 1.807) is 6.07 Å². The van der Waals surface area contributed by atoms with Crippen molar-refractivity contribution in [1.82, 2.24) is 10.2 Å². The molecule has 0 radical (unpaired) electrons. The van der Waals surface area contributed by atoms with Crippen LogP contribution < -0.4 is 5.32 Å². The maximum atomic E-state index is 14.0. The molecule has 2 rings (SSSR count). The SMILES string of the molecule is CNC(Cc1ccc(F)cc1F)C1(N(C)C)CCCCC1. The van der Waals surface area contributed by atoms with Gasteiger partial charge in [-0.25, -0.2) is 8.78 Å². The van der Waals surface area contributed by atoms with Gasteiger partial charge in [-0.2, -0.15) is 0 Å². The van der Waals surface area contributed by atoms with E-state index < -0.39 is 11.6 Å². The maximum absolute atomic E-state index is 14.0. The van der Waals surface area contributed by atoms with Gasteiger partial charge in [0.15, 0.2) is 0 Å². The van der Waals surface area contributed by atoms with Crippen LogP contribution in [0, 0.1) is 11.6 Å². The van der Waals surface area contributed by atoms with Gasteiger partial charge in [0.25, 0.3) is 0 Å². The van der Waals surface area contributed by atoms with Crippen molar-refractivity contribution in [2.45, 2.75) is 50.1 Å². The number of nitrogens with zero attached hydrogens (tertiary/aromatic N) is 1. The summed E-state index contributed by atoms with van der Waals surface area (Å²) in [5.74, 6) is -0.961. The zero-order valence-corrected chi connectivity index (χ0v) is 13.3. The Bertz CT molecular complexity index is 468. The lowest BCUT2D eigenvalue weighted by molar-refractivity contribution is 0.0595. The predicted octanol–water partition coefficient (Wildman–Crippen LogP) is 3.36. The molecule has 2 nitrogen and oxygen atoms in total. The molecule has 118 valence electrons. The number of benzene rings is 1. The van der Waals surface area contributed by atoms with E-state index in [0.717, 1.165) is 18.9 Å². The molecular weight excluding hydrogens is 270 g/mol. The molecule has 1 aliphatic rings. The van der Waals surface area contributed by atoms with Crippen LogP contribution in [0.3, 0.4) is 0 Å². The summed E-state index contributed by atoms with van der Waals surface area (Å²) in [6.07, 6.45) is 6.52. The number of likely N-dealkylation sites (N-methyl/N-ethyl adjacent to an activating group) is 2. The Labute approximate surface area is 126 Å². The maximum Gasteiger partial charge on any atom is 0.129 e. The Morgan fingerprint density at radius 3 is 2.38 bits per heavy atom. The minimum absolute atomic E-state index is 0.0494. The molecule has 1 aromatic rings. The van der Waals surface area contributed by atoms with Gasteiger partial charge < -0.3 is 10.2 Å². The Balaban J connectivity index is 2.24. The van der Waals surface area contributed by atoms with Gasteiger partial charge in [0.1, 0.15) is 11.6 Å². The van der Waals surface area contributed by atoms with Crippen molar-refractivity contribution < 1.29 is 8.78 Å². The minimum atomic E-state index is -0.516. The average molecular weight is 296 g/mol. The third-order valence-corrected chi connectivity index (χ3v) is 5.05. The molecule has 1 fully saturated rings. The van der Waals surface area contributed by atoms with E-state index in [2.05, 4.69) is 24.3 Å². The third-order valence-electron chi connectivity index (χ3n) is 5.05. The molecule has 1 atom stereocenters. The topological polar surface area (TPSA) is 15.3 Å². The van der Waals surface area contributed by atoms with Crippen LogP contribution in [-0.4, -0.2) is 37.6 Å². The van der Waals surface area contributed by atoms with Crippen LogP contribution in [-0.2, 0) is 6.42 Å². The summed E-state index contributed by atoms with van der Waals surface area (Å²) in [6, 6.07) is 4.05. The molecule has 0 saturated heterocycles. The first kappa shape index (κ1) is 16.4. The van der Waals surface area contributed by atoms with Gasteiger partial charge in [-0.1, -0.05) is 25.3 Å². The molecule has 0 aromatic heterocycles. The largest absolute Gasteiger partial charge is 0.315 e. The van der Waals surface area contributed by atoms with Crippen molar-refractivity contribution in [2.75, 3.05) is 21.1 Å². The minimum Gasteiger partial charge on any atom is -0.315 e. The van der Waals surface area contributed by atoms with E-state index in [0.29, 0.717) is 12.0 Å². The van der Waals surface area contributed by atoms with Gasteiger partial charge in [0.05, 0.1) is 0 Å². The smallest absolute Gasteiger partial charge is 0.129 e. The van der Waals surface area contributed by atoms with Crippen molar-refractivity contribution in [2.24, 2.45) is 0 Å².